The van der Waals surface area contributed by atoms with E-state index in [4.69, 9.17) is 25.7 Å². The van der Waals surface area contributed by atoms with Crippen molar-refractivity contribution < 1.29 is 24.3 Å². The first kappa shape index (κ1) is 64.6. The Morgan fingerprint density at radius 2 is 0.784 bits per heavy atom. The lowest BCUT2D eigenvalue weighted by molar-refractivity contribution is -0.138. The van der Waals surface area contributed by atoms with Crippen LogP contribution in [0, 0.1) is 27.7 Å². The molecule has 16 nitrogen and oxygen atoms in total. The molecule has 0 radical (unpaired) electrons. The summed E-state index contributed by atoms with van der Waals surface area (Å²) in [5, 5.41) is 11.9. The third kappa shape index (κ3) is 15.4. The molecule has 4 aromatic carbocycles. The summed E-state index contributed by atoms with van der Waals surface area (Å²) < 4.78 is 0. The Hall–Kier alpha value is -9.44. The minimum atomic E-state index is -0.797. The number of amidine groups is 4. The van der Waals surface area contributed by atoms with Gasteiger partial charge in [-0.3, -0.25) is 39.1 Å². The highest BCUT2D eigenvalue weighted by atomic mass is 16.4. The maximum Gasteiger partial charge on any atom is 0.305 e. The molecule has 458 valence electrons. The third-order valence-corrected chi connectivity index (χ3v) is 16.4. The maximum absolute atomic E-state index is 12.3. The minimum absolute atomic E-state index is 0. The lowest BCUT2D eigenvalue weighted by atomic mass is 9.96. The normalized spacial score (nSPS) is 22.9. The zero-order chi connectivity index (χ0) is 62.2. The second kappa shape index (κ2) is 28.4. The zero-order valence-electron chi connectivity index (χ0n) is 51.8. The minimum Gasteiger partial charge on any atom is -0.481 e. The zero-order valence-corrected chi connectivity index (χ0v) is 51.8. The molecule has 0 saturated heterocycles. The van der Waals surface area contributed by atoms with E-state index in [-0.39, 0.29) is 79.9 Å². The first-order valence-corrected chi connectivity index (χ1v) is 29.7. The largest absolute Gasteiger partial charge is 0.481 e. The Morgan fingerprint density at radius 3 is 1.11 bits per heavy atom. The number of aliphatic carboxylic acids is 1. The van der Waals surface area contributed by atoms with E-state index in [2.05, 4.69) is 158 Å². The van der Waals surface area contributed by atoms with Gasteiger partial charge in [-0.15, -0.1) is 0 Å². The summed E-state index contributed by atoms with van der Waals surface area (Å²) in [4.78, 5) is 76.1. The van der Waals surface area contributed by atoms with Crippen LogP contribution in [-0.4, -0.2) is 122 Å². The summed E-state index contributed by atoms with van der Waals surface area (Å²) in [6.07, 6.45) is 25.7. The number of amides is 3. The topological polar surface area (TPSA) is 192 Å². The average molecular weight is 1180 g/mol. The van der Waals surface area contributed by atoms with E-state index < -0.39 is 5.97 Å². The van der Waals surface area contributed by atoms with Gasteiger partial charge >= 0.3 is 5.97 Å². The number of aliphatic imine (C=N–C) groups is 4. The van der Waals surface area contributed by atoms with Crippen molar-refractivity contribution in [3.8, 4) is 0 Å². The van der Waals surface area contributed by atoms with Gasteiger partial charge in [0.05, 0.1) is 54.8 Å². The number of allylic oxidation sites excluding steroid dienone is 8. The second-order valence-corrected chi connectivity index (χ2v) is 23.7. The molecule has 0 aliphatic carbocycles. The van der Waals surface area contributed by atoms with Crippen LogP contribution in [-0.2, 0) is 19.2 Å². The van der Waals surface area contributed by atoms with Crippen molar-refractivity contribution in [3.05, 3.63) is 237 Å². The molecule has 0 fully saturated rings. The number of primary amides is 1. The Balaban J connectivity index is 0.000000151. The van der Waals surface area contributed by atoms with E-state index in [1.807, 2.05) is 92.7 Å². The summed E-state index contributed by atoms with van der Waals surface area (Å²) in [5.41, 5.74) is 19.4. The molecular weight excluding hydrogens is 1100 g/mol. The molecule has 0 bridgehead atoms. The van der Waals surface area contributed by atoms with Gasteiger partial charge in [-0.1, -0.05) is 145 Å². The van der Waals surface area contributed by atoms with Crippen LogP contribution in [0.15, 0.2) is 213 Å². The van der Waals surface area contributed by atoms with Gasteiger partial charge in [0.1, 0.15) is 23.3 Å². The molecule has 8 aliphatic rings. The van der Waals surface area contributed by atoms with E-state index in [0.717, 1.165) is 56.7 Å². The van der Waals surface area contributed by atoms with Crippen molar-refractivity contribution in [1.82, 2.24) is 29.8 Å². The fourth-order valence-electron chi connectivity index (χ4n) is 11.6. The fraction of sp³-hybridized carbons (Fsp3) is 0.333. The number of fused-ring (bicyclic) bond motifs is 4. The SMILES string of the molecule is C.CC1=CC2=NC(c3ccc(C)cc3)C(CC(=O)N(C)C)N2C=C1.CC1=CN2C(=NC(c3ccc(C)cc3)C2CC(=O)O)C=C1.CC1=CN2C(=NC(c3ccc(C)cc3)C2CC(N)=O)C=C1.CNC(=O)CC1C(c2ccc(C)cc2)N=C2C=CC(C)=CN21. The van der Waals surface area contributed by atoms with E-state index in [1.165, 1.54) is 33.4 Å². The van der Waals surface area contributed by atoms with Crippen LogP contribution in [0.5, 0.6) is 0 Å². The average Bonchev–Trinajstić information content (AvgIpc) is 3.00. The molecule has 3 amide bonds. The Bertz CT molecular complexity index is 3520. The number of carboxylic acids is 1. The number of carbonyl (C=O) groups excluding carboxylic acids is 3. The number of aryl methyl sites for hydroxylation is 4. The van der Waals surface area contributed by atoms with Crippen LogP contribution in [0.4, 0.5) is 0 Å². The Kier molecular flexibility index (Phi) is 20.8. The van der Waals surface area contributed by atoms with Gasteiger partial charge in [0, 0.05) is 65.2 Å². The number of benzene rings is 4. The summed E-state index contributed by atoms with van der Waals surface area (Å²) in [6.45, 7) is 16.4. The van der Waals surface area contributed by atoms with E-state index in [0.29, 0.717) is 19.3 Å². The number of nitrogens with zero attached hydrogens (tertiary/aromatic N) is 9. The van der Waals surface area contributed by atoms with E-state index in [9.17, 15) is 24.3 Å². The second-order valence-electron chi connectivity index (χ2n) is 23.7. The summed E-state index contributed by atoms with van der Waals surface area (Å²) >= 11 is 0. The number of carboxylic acid groups (broad SMARTS) is 1. The van der Waals surface area contributed by atoms with Crippen LogP contribution in [0.2, 0.25) is 0 Å². The van der Waals surface area contributed by atoms with Crippen LogP contribution < -0.4 is 11.1 Å². The third-order valence-electron chi connectivity index (χ3n) is 16.4. The molecule has 0 spiro atoms. The molecule has 4 N–H and O–H groups in total. The van der Waals surface area contributed by atoms with Crippen molar-refractivity contribution in [2.24, 2.45) is 25.7 Å². The number of rotatable bonds is 12. The summed E-state index contributed by atoms with van der Waals surface area (Å²) in [7, 11) is 5.28. The first-order valence-electron chi connectivity index (χ1n) is 29.7. The molecular formula is C72H85N11O5. The van der Waals surface area contributed by atoms with Gasteiger partial charge in [-0.2, -0.15) is 0 Å². The predicted molar refractivity (Wildman–Crippen MR) is 354 cm³/mol. The summed E-state index contributed by atoms with van der Waals surface area (Å²) in [5.74, 6) is 2.71. The van der Waals surface area contributed by atoms with Gasteiger partial charge in [0.25, 0.3) is 0 Å². The van der Waals surface area contributed by atoms with Gasteiger partial charge < -0.3 is 40.7 Å². The quantitative estimate of drug-likeness (QED) is 0.124. The van der Waals surface area contributed by atoms with Crippen LogP contribution >= 0.6 is 0 Å². The monoisotopic (exact) mass is 1180 g/mol. The lowest BCUT2D eigenvalue weighted by Gasteiger charge is -2.29. The standard InChI is InChI=1S/C19H23N3O.C18H21N3O.C17H19N3O.C17H18N2O2.CH4/c1-13-5-7-15(8-6-13)19-16(12-18(23)21(3)4)22-10-9-14(2)11-17(22)20-19;1-12-4-7-14(8-5-12)18-15(10-17(22)19-3)21-11-13(2)6-9-16(21)20-18;1-11-3-6-13(7-4-11)17-14(9-15(18)21)20-10-12(2)5-8-16(20)19-17;1-11-3-6-13(7-4-11)17-14(9-16(20)21)19-10-12(2)5-8-15(19)18-17;/h5-11,16,19H,12H2,1-4H3;4-9,11,15,18H,10H2,1-3H3,(H,19,22);3-8,10,14,17H,9H2,1-2H3,(H2,18,21);3-8,10,14,17H,9H2,1-2H3,(H,20,21);1H4. The molecule has 16 heteroatoms. The molecule has 8 heterocycles. The molecule has 12 rings (SSSR count). The number of nitrogens with one attached hydrogen (secondary N) is 1. The molecule has 4 aromatic rings. The Morgan fingerprint density at radius 1 is 0.455 bits per heavy atom. The van der Waals surface area contributed by atoms with Gasteiger partial charge in [-0.05, 0) is 130 Å². The highest BCUT2D eigenvalue weighted by molar-refractivity contribution is 6.00. The van der Waals surface area contributed by atoms with Gasteiger partial charge in [-0.25, -0.2) is 0 Å². The maximum atomic E-state index is 12.3. The predicted octanol–water partition coefficient (Wildman–Crippen LogP) is 12.0. The number of hydrogen-bond donors (Lipinski definition) is 3. The van der Waals surface area contributed by atoms with Crippen molar-refractivity contribution >= 4 is 47.0 Å². The summed E-state index contributed by atoms with van der Waals surface area (Å²) in [6, 6.07) is 33.0. The smallest absolute Gasteiger partial charge is 0.305 e. The highest BCUT2D eigenvalue weighted by Gasteiger charge is 2.41. The van der Waals surface area contributed by atoms with Gasteiger partial charge in [0.2, 0.25) is 17.7 Å². The van der Waals surface area contributed by atoms with Crippen LogP contribution in [0.1, 0.15) is 129 Å². The lowest BCUT2D eigenvalue weighted by Crippen LogP contribution is -2.38. The first-order chi connectivity index (χ1) is 41.6. The molecule has 0 aromatic heterocycles. The number of carbonyl (C=O) groups is 4. The van der Waals surface area contributed by atoms with Crippen molar-refractivity contribution in [2.45, 2.75) is 137 Å². The van der Waals surface area contributed by atoms with Crippen LogP contribution in [0.3, 0.4) is 0 Å². The number of nitrogens with two attached hydrogens (primary N) is 1. The number of hydrogen-bond acceptors (Lipinski definition) is 12. The van der Waals surface area contributed by atoms with Gasteiger partial charge in [0.15, 0.2) is 0 Å². The fourth-order valence-corrected chi connectivity index (χ4v) is 11.6. The molecule has 8 aliphatic heterocycles. The molecule has 8 atom stereocenters. The van der Waals surface area contributed by atoms with E-state index >= 15 is 0 Å². The molecule has 0 saturated carbocycles. The molecule has 88 heavy (non-hydrogen) atoms. The van der Waals surface area contributed by atoms with E-state index in [1.54, 1.807) is 26.0 Å². The van der Waals surface area contributed by atoms with Crippen LogP contribution in [0.25, 0.3) is 0 Å². The highest BCUT2D eigenvalue weighted by Crippen LogP contribution is 2.40. The van der Waals surface area contributed by atoms with Crippen molar-refractivity contribution in [1.29, 1.82) is 0 Å². The van der Waals surface area contributed by atoms with Crippen molar-refractivity contribution in [2.75, 3.05) is 21.1 Å². The molecule has 8 unspecified atom stereocenters. The van der Waals surface area contributed by atoms with Crippen molar-refractivity contribution in [3.63, 3.8) is 0 Å². The Labute approximate surface area is 519 Å².